The highest BCUT2D eigenvalue weighted by Crippen LogP contribution is 2.64. The lowest BCUT2D eigenvalue weighted by Crippen LogP contribution is -2.51. The van der Waals surface area contributed by atoms with Crippen LogP contribution in [0.1, 0.15) is 13.8 Å². The Morgan fingerprint density at radius 3 is 1.21 bits per heavy atom. The maximum atomic E-state index is 13.1. The Hall–Kier alpha value is -0.490. The fourth-order valence-electron chi connectivity index (χ4n) is 1.40. The summed E-state index contributed by atoms with van der Waals surface area (Å²) in [7, 11) is 0. The zero-order valence-corrected chi connectivity index (χ0v) is 7.22. The van der Waals surface area contributed by atoms with Gasteiger partial charge in [-0.3, -0.25) is 0 Å². The van der Waals surface area contributed by atoms with Crippen molar-refractivity contribution in [3.8, 4) is 0 Å². The second kappa shape index (κ2) is 2.36. The smallest absolute Gasteiger partial charge is 0.237 e. The van der Waals surface area contributed by atoms with Gasteiger partial charge in [0.1, 0.15) is 0 Å². The molecule has 2 atom stereocenters. The molecule has 0 heterocycles. The van der Waals surface area contributed by atoms with Gasteiger partial charge in [0.05, 0.1) is 5.92 Å². The number of hydrogen-bond donors (Lipinski definition) is 0. The summed E-state index contributed by atoms with van der Waals surface area (Å²) in [5, 5.41) is 0. The van der Waals surface area contributed by atoms with Crippen molar-refractivity contribution in [1.29, 1.82) is 0 Å². The lowest BCUT2D eigenvalue weighted by Gasteiger charge is -2.26. The van der Waals surface area contributed by atoms with Crippen LogP contribution in [0.5, 0.6) is 0 Å². The molecule has 1 fully saturated rings. The van der Waals surface area contributed by atoms with Crippen molar-refractivity contribution in [2.75, 3.05) is 0 Å². The monoisotopic (exact) mass is 224 g/mol. The Morgan fingerprint density at radius 1 is 0.786 bits per heavy atom. The van der Waals surface area contributed by atoms with Gasteiger partial charge >= 0.3 is 17.8 Å². The van der Waals surface area contributed by atoms with E-state index in [1.165, 1.54) is 0 Å². The molecule has 0 N–H and O–H groups in total. The summed E-state index contributed by atoms with van der Waals surface area (Å²) in [5.74, 6) is -18.8. The van der Waals surface area contributed by atoms with Crippen LogP contribution in [0.4, 0.5) is 30.7 Å². The number of hydrogen-bond acceptors (Lipinski definition) is 0. The number of rotatable bonds is 0. The Balaban J connectivity index is 3.38. The summed E-state index contributed by atoms with van der Waals surface area (Å²) < 4.78 is 88.6. The number of alkyl halides is 7. The summed E-state index contributed by atoms with van der Waals surface area (Å²) in [6.45, 7) is 0.404. The van der Waals surface area contributed by atoms with Gasteiger partial charge in [0.2, 0.25) is 0 Å². The van der Waals surface area contributed by atoms with Crippen molar-refractivity contribution in [2.45, 2.75) is 37.3 Å². The van der Waals surface area contributed by atoms with E-state index >= 15 is 0 Å². The van der Waals surface area contributed by atoms with Crippen LogP contribution in [0.2, 0.25) is 0 Å². The summed E-state index contributed by atoms with van der Waals surface area (Å²) in [6, 6.07) is 0. The van der Waals surface area contributed by atoms with E-state index in [0.717, 1.165) is 0 Å². The van der Waals surface area contributed by atoms with Gasteiger partial charge in [-0.15, -0.1) is 0 Å². The van der Waals surface area contributed by atoms with Crippen molar-refractivity contribution < 1.29 is 30.7 Å². The second-order valence-electron chi connectivity index (χ2n) is 3.57. The SMILES string of the molecule is CC1C(C)(F)C(F)(F)C(F)(F)C1(F)F. The molecule has 84 valence electrons. The van der Waals surface area contributed by atoms with Crippen LogP contribution < -0.4 is 0 Å². The van der Waals surface area contributed by atoms with Crippen LogP contribution in [0.3, 0.4) is 0 Å². The summed E-state index contributed by atoms with van der Waals surface area (Å²) in [4.78, 5) is 0. The van der Waals surface area contributed by atoms with Gasteiger partial charge in [0.15, 0.2) is 5.67 Å². The maximum absolute atomic E-state index is 13.1. The Morgan fingerprint density at radius 2 is 1.14 bits per heavy atom. The van der Waals surface area contributed by atoms with Crippen molar-refractivity contribution in [3.63, 3.8) is 0 Å². The molecule has 0 saturated heterocycles. The van der Waals surface area contributed by atoms with E-state index in [0.29, 0.717) is 6.92 Å². The first-order valence-corrected chi connectivity index (χ1v) is 3.73. The first-order chi connectivity index (χ1) is 5.90. The van der Waals surface area contributed by atoms with Crippen molar-refractivity contribution in [1.82, 2.24) is 0 Å². The predicted molar refractivity (Wildman–Crippen MR) is 33.5 cm³/mol. The van der Waals surface area contributed by atoms with Gasteiger partial charge in [-0.05, 0) is 6.92 Å². The van der Waals surface area contributed by atoms with Crippen LogP contribution in [0.15, 0.2) is 0 Å². The average molecular weight is 224 g/mol. The van der Waals surface area contributed by atoms with Crippen LogP contribution in [0.25, 0.3) is 0 Å². The van der Waals surface area contributed by atoms with E-state index in [1.807, 2.05) is 0 Å². The fraction of sp³-hybridized carbons (Fsp3) is 1.00. The van der Waals surface area contributed by atoms with E-state index in [-0.39, 0.29) is 6.92 Å². The summed E-state index contributed by atoms with van der Waals surface area (Å²) in [5.41, 5.74) is -3.92. The Kier molecular flexibility index (Phi) is 1.95. The minimum absolute atomic E-state index is 0.0620. The highest BCUT2D eigenvalue weighted by atomic mass is 19.3. The van der Waals surface area contributed by atoms with Crippen LogP contribution >= 0.6 is 0 Å². The zero-order chi connectivity index (χ0) is 11.6. The molecule has 2 unspecified atom stereocenters. The minimum Gasteiger partial charge on any atom is -0.237 e. The van der Waals surface area contributed by atoms with Gasteiger partial charge in [0.25, 0.3) is 0 Å². The van der Waals surface area contributed by atoms with E-state index in [1.54, 1.807) is 0 Å². The van der Waals surface area contributed by atoms with Gasteiger partial charge < -0.3 is 0 Å². The third-order valence-corrected chi connectivity index (χ3v) is 2.78. The molecule has 1 saturated carbocycles. The molecule has 0 amide bonds. The molecule has 0 bridgehead atoms. The van der Waals surface area contributed by atoms with Crippen molar-refractivity contribution in [3.05, 3.63) is 0 Å². The lowest BCUT2D eigenvalue weighted by molar-refractivity contribution is -0.287. The van der Waals surface area contributed by atoms with Gasteiger partial charge in [0, 0.05) is 0 Å². The van der Waals surface area contributed by atoms with Gasteiger partial charge in [-0.25, -0.2) is 4.39 Å². The molecule has 0 radical (unpaired) electrons. The molecule has 7 heteroatoms. The molecule has 0 aromatic heterocycles. The largest absolute Gasteiger partial charge is 0.375 e. The standard InChI is InChI=1S/C7H7F7/c1-3-4(2,8)6(11,12)7(13,14)5(3,9)10/h3H,1-2H3. The van der Waals surface area contributed by atoms with Gasteiger partial charge in [-0.2, -0.15) is 26.3 Å². The highest BCUT2D eigenvalue weighted by molar-refractivity contribution is 5.18. The molecule has 14 heavy (non-hydrogen) atoms. The average Bonchev–Trinajstić information content (AvgIpc) is 2.05. The predicted octanol–water partition coefficient (Wildman–Crippen LogP) is 3.27. The van der Waals surface area contributed by atoms with E-state index in [4.69, 9.17) is 0 Å². The van der Waals surface area contributed by atoms with Crippen LogP contribution in [-0.2, 0) is 0 Å². The molecule has 0 aromatic carbocycles. The molecule has 1 rings (SSSR count). The third-order valence-electron chi connectivity index (χ3n) is 2.78. The number of halogens is 7. The first kappa shape index (κ1) is 11.6. The van der Waals surface area contributed by atoms with Gasteiger partial charge in [-0.1, -0.05) is 6.92 Å². The van der Waals surface area contributed by atoms with Crippen molar-refractivity contribution >= 4 is 0 Å². The fourth-order valence-corrected chi connectivity index (χ4v) is 1.40. The normalized spacial score (nSPS) is 43.9. The molecule has 1 aliphatic rings. The molecule has 1 aliphatic carbocycles. The Labute approximate surface area is 75.1 Å². The minimum atomic E-state index is -5.65. The first-order valence-electron chi connectivity index (χ1n) is 3.73. The summed E-state index contributed by atoms with van der Waals surface area (Å²) in [6.07, 6.45) is 0. The van der Waals surface area contributed by atoms with E-state index in [9.17, 15) is 30.7 Å². The lowest BCUT2D eigenvalue weighted by atomic mass is 9.93. The topological polar surface area (TPSA) is 0 Å². The Bertz CT molecular complexity index is 229. The quantitative estimate of drug-likeness (QED) is 0.554. The maximum Gasteiger partial charge on any atom is 0.375 e. The van der Waals surface area contributed by atoms with Crippen LogP contribution in [0, 0.1) is 5.92 Å². The van der Waals surface area contributed by atoms with Crippen molar-refractivity contribution in [2.24, 2.45) is 5.92 Å². The van der Waals surface area contributed by atoms with E-state index < -0.39 is 29.4 Å². The second-order valence-corrected chi connectivity index (χ2v) is 3.57. The zero-order valence-electron chi connectivity index (χ0n) is 7.22. The van der Waals surface area contributed by atoms with Crippen LogP contribution in [-0.4, -0.2) is 23.4 Å². The highest BCUT2D eigenvalue weighted by Gasteiger charge is 2.89. The molecule has 0 aliphatic heterocycles. The molecule has 0 aromatic rings. The molecular weight excluding hydrogens is 217 g/mol. The molecule has 0 spiro atoms. The molecule has 0 nitrogen and oxygen atoms in total. The van der Waals surface area contributed by atoms with E-state index in [2.05, 4.69) is 0 Å². The summed E-state index contributed by atoms with van der Waals surface area (Å²) >= 11 is 0. The third kappa shape index (κ3) is 0.857. The molecular formula is C7H7F7.